The maximum absolute atomic E-state index is 14.2. The van der Waals surface area contributed by atoms with Gasteiger partial charge in [0.2, 0.25) is 5.91 Å². The lowest BCUT2D eigenvalue weighted by molar-refractivity contribution is -0.139. The van der Waals surface area contributed by atoms with E-state index in [2.05, 4.69) is 10.3 Å². The van der Waals surface area contributed by atoms with E-state index >= 15 is 0 Å². The molecule has 3 aliphatic heterocycles. The van der Waals surface area contributed by atoms with Gasteiger partial charge in [0.15, 0.2) is 5.69 Å². The highest BCUT2D eigenvalue weighted by Gasteiger charge is 2.39. The van der Waals surface area contributed by atoms with Crippen LogP contribution < -0.4 is 4.90 Å². The molecule has 8 nitrogen and oxygen atoms in total. The van der Waals surface area contributed by atoms with E-state index in [0.717, 1.165) is 17.7 Å². The number of benzene rings is 1. The first-order valence-corrected chi connectivity index (χ1v) is 10.9. The van der Waals surface area contributed by atoms with Crippen molar-refractivity contribution in [2.75, 3.05) is 31.2 Å². The average molecular weight is 427 g/mol. The Morgan fingerprint density at radius 3 is 2.84 bits per heavy atom. The molecule has 1 aromatic carbocycles. The zero-order chi connectivity index (χ0) is 21.4. The lowest BCUT2D eigenvalue weighted by Crippen LogP contribution is -2.43. The van der Waals surface area contributed by atoms with Gasteiger partial charge >= 0.3 is 0 Å². The molecule has 0 aliphatic carbocycles. The van der Waals surface area contributed by atoms with Gasteiger partial charge in [-0.05, 0) is 30.9 Å². The molecular weight excluding hydrogens is 401 g/mol. The van der Waals surface area contributed by atoms with Crippen molar-refractivity contribution in [3.05, 3.63) is 41.7 Å². The zero-order valence-electron chi connectivity index (χ0n) is 17.3. The molecule has 1 aromatic heterocycles. The maximum atomic E-state index is 14.2. The summed E-state index contributed by atoms with van der Waals surface area (Å²) in [4.78, 5) is 29.3. The molecular formula is C22H26FN5O3. The topological polar surface area (TPSA) is 80.6 Å². The number of ether oxygens (including phenoxy) is 1. The fourth-order valence-corrected chi connectivity index (χ4v) is 4.87. The molecule has 0 spiro atoms. The summed E-state index contributed by atoms with van der Waals surface area (Å²) in [5, 5.41) is 8.16. The van der Waals surface area contributed by atoms with Crippen molar-refractivity contribution >= 4 is 17.5 Å². The van der Waals surface area contributed by atoms with E-state index in [0.29, 0.717) is 39.1 Å². The van der Waals surface area contributed by atoms with Crippen LogP contribution in [0.1, 0.15) is 35.3 Å². The molecule has 0 radical (unpaired) electrons. The van der Waals surface area contributed by atoms with Gasteiger partial charge in [0.25, 0.3) is 5.91 Å². The summed E-state index contributed by atoms with van der Waals surface area (Å²) in [7, 11) is 0. The van der Waals surface area contributed by atoms with Gasteiger partial charge in [-0.25, -0.2) is 9.07 Å². The van der Waals surface area contributed by atoms with E-state index in [4.69, 9.17) is 4.74 Å². The number of amides is 2. The first-order valence-electron chi connectivity index (χ1n) is 10.9. The number of alkyl halides is 1. The number of halogens is 1. The monoisotopic (exact) mass is 427 g/mol. The second-order valence-electron chi connectivity index (χ2n) is 8.53. The van der Waals surface area contributed by atoms with Crippen molar-refractivity contribution in [3.63, 3.8) is 0 Å². The highest BCUT2D eigenvalue weighted by molar-refractivity contribution is 6.05. The van der Waals surface area contributed by atoms with Crippen molar-refractivity contribution in [3.8, 4) is 0 Å². The first-order chi connectivity index (χ1) is 15.1. The second kappa shape index (κ2) is 8.37. The molecule has 0 N–H and O–H groups in total. The molecule has 3 aliphatic rings. The summed E-state index contributed by atoms with van der Waals surface area (Å²) in [6.07, 6.45) is 3.01. The van der Waals surface area contributed by atoms with E-state index in [1.807, 2.05) is 24.3 Å². The third-order valence-electron chi connectivity index (χ3n) is 6.50. The average Bonchev–Trinajstić information content (AvgIpc) is 3.52. The number of carbonyl (C=O) groups excluding carboxylic acids is 2. The number of hydrogen-bond donors (Lipinski definition) is 0. The van der Waals surface area contributed by atoms with Gasteiger partial charge in [-0.3, -0.25) is 9.59 Å². The van der Waals surface area contributed by atoms with Gasteiger partial charge in [0.1, 0.15) is 6.17 Å². The van der Waals surface area contributed by atoms with Crippen molar-refractivity contribution in [2.45, 2.75) is 44.4 Å². The van der Waals surface area contributed by atoms with E-state index < -0.39 is 6.17 Å². The van der Waals surface area contributed by atoms with Gasteiger partial charge in [0, 0.05) is 37.8 Å². The van der Waals surface area contributed by atoms with Crippen molar-refractivity contribution in [1.29, 1.82) is 0 Å². The Labute approximate surface area is 179 Å². The summed E-state index contributed by atoms with van der Waals surface area (Å²) in [6.45, 7) is 2.20. The lowest BCUT2D eigenvalue weighted by atomic mass is 9.98. The number of carbonyl (C=O) groups is 2. The third-order valence-corrected chi connectivity index (χ3v) is 6.50. The van der Waals surface area contributed by atoms with E-state index in [1.165, 1.54) is 0 Å². The molecule has 5 rings (SSSR count). The van der Waals surface area contributed by atoms with Gasteiger partial charge in [0.05, 0.1) is 25.3 Å². The third kappa shape index (κ3) is 3.94. The minimum Gasteiger partial charge on any atom is -0.381 e. The molecule has 2 amide bonds. The zero-order valence-corrected chi connectivity index (χ0v) is 17.3. The number of rotatable bonds is 4. The molecule has 2 unspecified atom stereocenters. The van der Waals surface area contributed by atoms with Crippen molar-refractivity contribution < 1.29 is 18.7 Å². The Balaban J connectivity index is 1.27. The van der Waals surface area contributed by atoms with Crippen molar-refractivity contribution in [1.82, 2.24) is 19.9 Å². The summed E-state index contributed by atoms with van der Waals surface area (Å²) in [5.41, 5.74) is 2.31. The molecule has 31 heavy (non-hydrogen) atoms. The van der Waals surface area contributed by atoms with Gasteiger partial charge < -0.3 is 14.5 Å². The molecule has 2 aromatic rings. The van der Waals surface area contributed by atoms with Crippen LogP contribution in [0.5, 0.6) is 0 Å². The van der Waals surface area contributed by atoms with E-state index in [9.17, 15) is 14.0 Å². The molecule has 9 heteroatoms. The smallest absolute Gasteiger partial charge is 0.280 e. The van der Waals surface area contributed by atoms with E-state index in [-0.39, 0.29) is 42.4 Å². The predicted octanol–water partition coefficient (Wildman–Crippen LogP) is 1.85. The van der Waals surface area contributed by atoms with Crippen LogP contribution in [-0.4, -0.2) is 70.2 Å². The standard InChI is InChI=1S/C22H26FN5O3/c23-17-11-18(28(12-17)21(29)16-6-9-31-10-7-16)13-26-14-19(24-25-26)22(30)27-8-5-15-3-1-2-4-20(15)27/h1-4,14,16-18H,5-13H2. The Hall–Kier alpha value is -2.81. The molecule has 2 saturated heterocycles. The largest absolute Gasteiger partial charge is 0.381 e. The Bertz CT molecular complexity index is 974. The van der Waals surface area contributed by atoms with Gasteiger partial charge in [-0.2, -0.15) is 0 Å². The SMILES string of the molecule is O=C(c1cn(CC2CC(F)CN2C(=O)C2CCOCC2)nn1)N1CCc2ccccc21. The second-order valence-corrected chi connectivity index (χ2v) is 8.53. The Morgan fingerprint density at radius 2 is 2.00 bits per heavy atom. The highest BCUT2D eigenvalue weighted by Crippen LogP contribution is 2.29. The summed E-state index contributed by atoms with van der Waals surface area (Å²) in [5.74, 6) is -0.302. The van der Waals surface area contributed by atoms with Crippen LogP contribution in [0.3, 0.4) is 0 Å². The van der Waals surface area contributed by atoms with Crippen LogP contribution in [0.4, 0.5) is 10.1 Å². The fraction of sp³-hybridized carbons (Fsp3) is 0.545. The lowest BCUT2D eigenvalue weighted by Gasteiger charge is -2.30. The van der Waals surface area contributed by atoms with Crippen LogP contribution >= 0.6 is 0 Å². The van der Waals surface area contributed by atoms with E-state index in [1.54, 1.807) is 20.7 Å². The minimum absolute atomic E-state index is 0.00135. The fourth-order valence-electron chi connectivity index (χ4n) is 4.87. The summed E-state index contributed by atoms with van der Waals surface area (Å²) < 4.78 is 21.1. The van der Waals surface area contributed by atoms with Crippen LogP contribution in [0.15, 0.2) is 30.5 Å². The van der Waals surface area contributed by atoms with Crippen LogP contribution in [0.2, 0.25) is 0 Å². The van der Waals surface area contributed by atoms with Crippen LogP contribution in [0, 0.1) is 5.92 Å². The minimum atomic E-state index is -1.04. The maximum Gasteiger partial charge on any atom is 0.280 e. The van der Waals surface area contributed by atoms with Gasteiger partial charge in [-0.1, -0.05) is 23.4 Å². The number of fused-ring (bicyclic) bond motifs is 1. The molecule has 164 valence electrons. The number of aromatic nitrogens is 3. The normalized spacial score (nSPS) is 23.9. The highest BCUT2D eigenvalue weighted by atomic mass is 19.1. The van der Waals surface area contributed by atoms with Crippen LogP contribution in [0.25, 0.3) is 0 Å². The first kappa shape index (κ1) is 20.1. The number of nitrogens with zero attached hydrogens (tertiary/aromatic N) is 5. The number of likely N-dealkylation sites (tertiary alicyclic amines) is 1. The number of para-hydroxylation sites is 1. The van der Waals surface area contributed by atoms with Crippen molar-refractivity contribution in [2.24, 2.45) is 5.92 Å². The molecule has 2 atom stereocenters. The molecule has 0 saturated carbocycles. The molecule has 4 heterocycles. The molecule has 0 bridgehead atoms. The summed E-state index contributed by atoms with van der Waals surface area (Å²) >= 11 is 0. The number of hydrogen-bond acceptors (Lipinski definition) is 5. The Morgan fingerprint density at radius 1 is 1.19 bits per heavy atom. The quantitative estimate of drug-likeness (QED) is 0.744. The van der Waals surface area contributed by atoms with Crippen LogP contribution in [-0.2, 0) is 22.5 Å². The predicted molar refractivity (Wildman–Crippen MR) is 110 cm³/mol. The van der Waals surface area contributed by atoms with Gasteiger partial charge in [-0.15, -0.1) is 5.10 Å². The summed E-state index contributed by atoms with van der Waals surface area (Å²) in [6, 6.07) is 7.55. The number of anilines is 1. The Kier molecular flexibility index (Phi) is 5.43. The molecule has 2 fully saturated rings.